The summed E-state index contributed by atoms with van der Waals surface area (Å²) >= 11 is 0. The molecule has 6 heteroatoms. The van der Waals surface area contributed by atoms with Crippen LogP contribution in [0.4, 0.5) is 0 Å². The maximum atomic E-state index is 11.4. The van der Waals surface area contributed by atoms with E-state index in [1.165, 1.54) is 0 Å². The topological polar surface area (TPSA) is 87.2 Å². The number of nitrogens with zero attached hydrogens (tertiary/aromatic N) is 1. The van der Waals surface area contributed by atoms with Gasteiger partial charge in [0.1, 0.15) is 0 Å². The molecule has 0 saturated carbocycles. The van der Waals surface area contributed by atoms with Crippen molar-refractivity contribution in [3.63, 3.8) is 0 Å². The summed E-state index contributed by atoms with van der Waals surface area (Å²) < 4.78 is 22.9. The minimum absolute atomic E-state index is 0.150. The highest BCUT2D eigenvalue weighted by Gasteiger charge is 2.13. The minimum atomic E-state index is -2.92. The summed E-state index contributed by atoms with van der Waals surface area (Å²) in [5.74, 6) is 1.01. The van der Waals surface area contributed by atoms with Crippen LogP contribution in [-0.4, -0.2) is 50.3 Å². The van der Waals surface area contributed by atoms with Crippen LogP contribution in [0.1, 0.15) is 27.2 Å². The number of nitrogens with two attached hydrogens (primary N) is 1. The summed E-state index contributed by atoms with van der Waals surface area (Å²) in [6.07, 6.45) is 0.499. The molecule has 5 nitrogen and oxygen atoms in total. The molecule has 0 rings (SSSR count). The van der Waals surface area contributed by atoms with Gasteiger partial charge >= 0.3 is 0 Å². The van der Waals surface area contributed by atoms with E-state index in [1.54, 1.807) is 6.92 Å². The minimum Gasteiger partial charge on any atom is -0.388 e. The van der Waals surface area contributed by atoms with Crippen molar-refractivity contribution in [2.45, 2.75) is 27.2 Å². The Hall–Kier alpha value is -0.620. The van der Waals surface area contributed by atoms with Gasteiger partial charge < -0.3 is 10.6 Å². The van der Waals surface area contributed by atoms with E-state index < -0.39 is 9.84 Å². The van der Waals surface area contributed by atoms with Gasteiger partial charge in [0.2, 0.25) is 0 Å². The fourth-order valence-corrected chi connectivity index (χ4v) is 2.33. The molecule has 0 unspecified atom stereocenters. The SMILES string of the molecule is CCS(=O)(=O)CCN(CCC(=N)N)CC(C)C. The van der Waals surface area contributed by atoms with Crippen molar-refractivity contribution in [2.24, 2.45) is 11.7 Å². The second-order valence-electron chi connectivity index (χ2n) is 4.71. The summed E-state index contributed by atoms with van der Waals surface area (Å²) in [5.41, 5.74) is 5.32. The zero-order chi connectivity index (χ0) is 13.5. The van der Waals surface area contributed by atoms with Crippen LogP contribution in [0.3, 0.4) is 0 Å². The van der Waals surface area contributed by atoms with E-state index in [-0.39, 0.29) is 17.3 Å². The number of sulfone groups is 1. The van der Waals surface area contributed by atoms with Crippen LogP contribution in [0.2, 0.25) is 0 Å². The largest absolute Gasteiger partial charge is 0.388 e. The lowest BCUT2D eigenvalue weighted by molar-refractivity contribution is 0.264. The maximum absolute atomic E-state index is 11.4. The first-order valence-electron chi connectivity index (χ1n) is 6.02. The third-order valence-electron chi connectivity index (χ3n) is 2.48. The smallest absolute Gasteiger partial charge is 0.151 e. The fourth-order valence-electron chi connectivity index (χ4n) is 1.50. The highest BCUT2D eigenvalue weighted by Crippen LogP contribution is 2.01. The van der Waals surface area contributed by atoms with Crippen LogP contribution < -0.4 is 5.73 Å². The lowest BCUT2D eigenvalue weighted by Crippen LogP contribution is -2.35. The van der Waals surface area contributed by atoms with Gasteiger partial charge in [0.05, 0.1) is 11.6 Å². The summed E-state index contributed by atoms with van der Waals surface area (Å²) in [5, 5.41) is 7.19. The molecule has 0 heterocycles. The highest BCUT2D eigenvalue weighted by molar-refractivity contribution is 7.91. The number of hydrogen-bond acceptors (Lipinski definition) is 4. The van der Waals surface area contributed by atoms with Crippen molar-refractivity contribution in [1.29, 1.82) is 5.41 Å². The monoisotopic (exact) mass is 263 g/mol. The van der Waals surface area contributed by atoms with Crippen molar-refractivity contribution in [2.75, 3.05) is 31.1 Å². The van der Waals surface area contributed by atoms with Gasteiger partial charge in [0.15, 0.2) is 9.84 Å². The predicted octanol–water partition coefficient (Wildman–Crippen LogP) is 0.705. The fraction of sp³-hybridized carbons (Fsp3) is 0.909. The van der Waals surface area contributed by atoms with Crippen LogP contribution in [0.5, 0.6) is 0 Å². The Balaban J connectivity index is 4.23. The van der Waals surface area contributed by atoms with Crippen molar-refractivity contribution in [3.05, 3.63) is 0 Å². The number of amidine groups is 1. The molecule has 0 aromatic heterocycles. The Labute approximate surface area is 105 Å². The van der Waals surface area contributed by atoms with Gasteiger partial charge in [-0.25, -0.2) is 8.42 Å². The Morgan fingerprint density at radius 3 is 2.35 bits per heavy atom. The Kier molecular flexibility index (Phi) is 7.38. The summed E-state index contributed by atoms with van der Waals surface area (Å²) in [6.45, 7) is 7.88. The van der Waals surface area contributed by atoms with Crippen LogP contribution in [0.15, 0.2) is 0 Å². The Morgan fingerprint density at radius 2 is 1.94 bits per heavy atom. The van der Waals surface area contributed by atoms with E-state index in [2.05, 4.69) is 18.7 Å². The average molecular weight is 263 g/mol. The number of nitrogens with one attached hydrogen (secondary N) is 1. The number of rotatable bonds is 9. The van der Waals surface area contributed by atoms with Crippen LogP contribution in [-0.2, 0) is 9.84 Å². The van der Waals surface area contributed by atoms with Gasteiger partial charge in [-0.3, -0.25) is 5.41 Å². The van der Waals surface area contributed by atoms with E-state index in [0.717, 1.165) is 6.54 Å². The zero-order valence-corrected chi connectivity index (χ0v) is 11.9. The third kappa shape index (κ3) is 9.12. The lowest BCUT2D eigenvalue weighted by Gasteiger charge is -2.23. The molecule has 0 aliphatic heterocycles. The number of hydrogen-bond donors (Lipinski definition) is 2. The van der Waals surface area contributed by atoms with Crippen molar-refractivity contribution in [3.8, 4) is 0 Å². The lowest BCUT2D eigenvalue weighted by atomic mass is 10.2. The average Bonchev–Trinajstić information content (AvgIpc) is 2.21. The summed E-state index contributed by atoms with van der Waals surface area (Å²) in [4.78, 5) is 2.07. The molecule has 0 aromatic rings. The van der Waals surface area contributed by atoms with Crippen LogP contribution in [0, 0.1) is 11.3 Å². The molecule has 0 spiro atoms. The molecule has 102 valence electrons. The standard InChI is InChI=1S/C11H25N3O2S/c1-4-17(15,16)8-7-14(9-10(2)3)6-5-11(12)13/h10H,4-9H2,1-3H3,(H3,12,13). The molecule has 0 aliphatic carbocycles. The van der Waals surface area contributed by atoms with E-state index in [4.69, 9.17) is 11.1 Å². The van der Waals surface area contributed by atoms with Gasteiger partial charge in [-0.2, -0.15) is 0 Å². The first-order valence-corrected chi connectivity index (χ1v) is 7.84. The van der Waals surface area contributed by atoms with E-state index >= 15 is 0 Å². The molecule has 0 atom stereocenters. The van der Waals surface area contributed by atoms with E-state index in [0.29, 0.717) is 25.4 Å². The molecule has 17 heavy (non-hydrogen) atoms. The Bertz CT molecular complexity index is 326. The van der Waals surface area contributed by atoms with E-state index in [9.17, 15) is 8.42 Å². The maximum Gasteiger partial charge on any atom is 0.151 e. The van der Waals surface area contributed by atoms with Gasteiger partial charge in [-0.15, -0.1) is 0 Å². The summed E-state index contributed by atoms with van der Waals surface area (Å²) in [6, 6.07) is 0. The molecule has 0 aromatic carbocycles. The molecular weight excluding hydrogens is 238 g/mol. The van der Waals surface area contributed by atoms with Crippen molar-refractivity contribution in [1.82, 2.24) is 4.90 Å². The molecule has 0 fully saturated rings. The predicted molar refractivity (Wildman–Crippen MR) is 72.1 cm³/mol. The molecular formula is C11H25N3O2S. The van der Waals surface area contributed by atoms with Crippen molar-refractivity contribution >= 4 is 15.7 Å². The normalized spacial score (nSPS) is 12.3. The van der Waals surface area contributed by atoms with Gasteiger partial charge in [-0.1, -0.05) is 20.8 Å². The highest BCUT2D eigenvalue weighted by atomic mass is 32.2. The van der Waals surface area contributed by atoms with Gasteiger partial charge in [-0.05, 0) is 5.92 Å². The molecule has 0 amide bonds. The van der Waals surface area contributed by atoms with Crippen LogP contribution in [0.25, 0.3) is 0 Å². The van der Waals surface area contributed by atoms with Gasteiger partial charge in [0.25, 0.3) is 0 Å². The molecule has 0 aliphatic rings. The van der Waals surface area contributed by atoms with Gasteiger partial charge in [0, 0.05) is 31.8 Å². The second kappa shape index (κ2) is 7.66. The summed E-state index contributed by atoms with van der Waals surface area (Å²) in [7, 11) is -2.92. The third-order valence-corrected chi connectivity index (χ3v) is 4.16. The van der Waals surface area contributed by atoms with E-state index in [1.807, 2.05) is 0 Å². The zero-order valence-electron chi connectivity index (χ0n) is 11.1. The van der Waals surface area contributed by atoms with Crippen molar-refractivity contribution < 1.29 is 8.42 Å². The van der Waals surface area contributed by atoms with Crippen LogP contribution >= 0.6 is 0 Å². The molecule has 0 bridgehead atoms. The Morgan fingerprint density at radius 1 is 1.35 bits per heavy atom. The molecule has 3 N–H and O–H groups in total. The second-order valence-corrected chi connectivity index (χ2v) is 7.18. The molecule has 0 saturated heterocycles. The first kappa shape index (κ1) is 16.4. The quantitative estimate of drug-likeness (QED) is 0.473. The molecule has 0 radical (unpaired) electrons. The first-order chi connectivity index (χ1) is 7.76.